The van der Waals surface area contributed by atoms with Crippen molar-refractivity contribution in [3.05, 3.63) is 29.6 Å². The van der Waals surface area contributed by atoms with Crippen LogP contribution in [0.5, 0.6) is 0 Å². The van der Waals surface area contributed by atoms with E-state index in [0.29, 0.717) is 0 Å². The molecule has 21 heavy (non-hydrogen) atoms. The van der Waals surface area contributed by atoms with Crippen LogP contribution in [0.4, 0.5) is 13.2 Å². The third kappa shape index (κ3) is 5.89. The number of alkyl halides is 3. The number of nitrogens with one attached hydrogen (secondary N) is 2. The first-order valence-corrected chi connectivity index (χ1v) is 5.50. The van der Waals surface area contributed by atoms with E-state index in [1.165, 1.54) is 6.07 Å². The van der Waals surface area contributed by atoms with Crippen LogP contribution in [-0.4, -0.2) is 47.1 Å². The van der Waals surface area contributed by atoms with E-state index in [4.69, 9.17) is 5.11 Å². The zero-order chi connectivity index (χ0) is 16.0. The Kier molecular flexibility index (Phi) is 5.22. The quantitative estimate of drug-likeness (QED) is 0.719. The van der Waals surface area contributed by atoms with Crippen LogP contribution < -0.4 is 10.6 Å². The second-order valence-corrected chi connectivity index (χ2v) is 3.81. The predicted octanol–water partition coefficient (Wildman–Crippen LogP) is 0.188. The van der Waals surface area contributed by atoms with Crippen LogP contribution in [0, 0.1) is 0 Å². The number of hydrogen-bond acceptors (Lipinski definition) is 4. The first-order chi connectivity index (χ1) is 9.69. The number of amides is 2. The zero-order valence-electron chi connectivity index (χ0n) is 10.4. The van der Waals surface area contributed by atoms with E-state index in [0.717, 1.165) is 12.3 Å². The van der Waals surface area contributed by atoms with E-state index in [2.05, 4.69) is 10.3 Å². The maximum atomic E-state index is 11.8. The highest BCUT2D eigenvalue weighted by molar-refractivity contribution is 5.98. The average Bonchev–Trinajstić information content (AvgIpc) is 2.41. The number of aromatic nitrogens is 1. The number of aromatic carboxylic acids is 1. The second-order valence-electron chi connectivity index (χ2n) is 3.81. The monoisotopic (exact) mass is 305 g/mol. The molecule has 0 radical (unpaired) electrons. The first-order valence-electron chi connectivity index (χ1n) is 5.50. The van der Waals surface area contributed by atoms with Crippen molar-refractivity contribution in [2.75, 3.05) is 13.1 Å². The number of carbonyl (C=O) groups is 3. The molecule has 0 saturated heterocycles. The summed E-state index contributed by atoms with van der Waals surface area (Å²) >= 11 is 0. The minimum Gasteiger partial charge on any atom is -0.477 e. The number of nitrogens with zero attached hydrogens (tertiary/aromatic N) is 1. The fourth-order valence-corrected chi connectivity index (χ4v) is 1.21. The molecule has 0 aliphatic carbocycles. The van der Waals surface area contributed by atoms with Crippen LogP contribution in [0.15, 0.2) is 18.3 Å². The lowest BCUT2D eigenvalue weighted by atomic mass is 10.2. The van der Waals surface area contributed by atoms with E-state index in [1.807, 2.05) is 0 Å². The normalized spacial score (nSPS) is 10.8. The van der Waals surface area contributed by atoms with Crippen LogP contribution in [0.2, 0.25) is 0 Å². The Labute approximate surface area is 116 Å². The van der Waals surface area contributed by atoms with Gasteiger partial charge in [0.05, 0.1) is 6.54 Å². The summed E-state index contributed by atoms with van der Waals surface area (Å²) in [7, 11) is 0. The Morgan fingerprint density at radius 1 is 1.24 bits per heavy atom. The van der Waals surface area contributed by atoms with Gasteiger partial charge in [-0.3, -0.25) is 9.59 Å². The second kappa shape index (κ2) is 6.68. The van der Waals surface area contributed by atoms with Gasteiger partial charge in [0.15, 0.2) is 0 Å². The summed E-state index contributed by atoms with van der Waals surface area (Å²) in [5, 5.41) is 12.3. The third-order valence-electron chi connectivity index (χ3n) is 2.14. The molecule has 0 aromatic carbocycles. The predicted molar refractivity (Wildman–Crippen MR) is 62.6 cm³/mol. The number of carboxylic acids is 1. The lowest BCUT2D eigenvalue weighted by molar-refractivity contribution is -0.137. The Balaban J connectivity index is 2.52. The molecule has 114 valence electrons. The van der Waals surface area contributed by atoms with Gasteiger partial charge >= 0.3 is 12.1 Å². The minimum atomic E-state index is -4.54. The summed E-state index contributed by atoms with van der Waals surface area (Å²) in [6.07, 6.45) is -3.46. The molecular formula is C11H10F3N3O4. The highest BCUT2D eigenvalue weighted by Crippen LogP contribution is 2.11. The largest absolute Gasteiger partial charge is 0.477 e. The molecule has 1 aromatic rings. The summed E-state index contributed by atoms with van der Waals surface area (Å²) < 4.78 is 35.5. The van der Waals surface area contributed by atoms with E-state index in [1.54, 1.807) is 5.32 Å². The SMILES string of the molecule is O=C(CNC(=O)c1ccnc(C(=O)O)c1)NCC(F)(F)F. The van der Waals surface area contributed by atoms with Crippen molar-refractivity contribution in [1.82, 2.24) is 15.6 Å². The molecule has 0 saturated carbocycles. The molecule has 0 fully saturated rings. The average molecular weight is 305 g/mol. The third-order valence-corrected chi connectivity index (χ3v) is 2.14. The van der Waals surface area contributed by atoms with Crippen molar-refractivity contribution < 1.29 is 32.7 Å². The van der Waals surface area contributed by atoms with Gasteiger partial charge in [0.2, 0.25) is 5.91 Å². The van der Waals surface area contributed by atoms with Gasteiger partial charge in [0, 0.05) is 11.8 Å². The summed E-state index contributed by atoms with van der Waals surface area (Å²) in [6, 6.07) is 2.18. The molecule has 0 spiro atoms. The molecule has 1 aromatic heterocycles. The number of halogens is 3. The Morgan fingerprint density at radius 2 is 1.90 bits per heavy atom. The van der Waals surface area contributed by atoms with Gasteiger partial charge in [0.25, 0.3) is 5.91 Å². The summed E-state index contributed by atoms with van der Waals surface area (Å²) in [5.74, 6) is -3.16. The van der Waals surface area contributed by atoms with Crippen molar-refractivity contribution in [3.63, 3.8) is 0 Å². The Hall–Kier alpha value is -2.65. The molecule has 0 bridgehead atoms. The van der Waals surface area contributed by atoms with Crippen molar-refractivity contribution >= 4 is 17.8 Å². The molecule has 1 rings (SSSR count). The maximum Gasteiger partial charge on any atom is 0.405 e. The van der Waals surface area contributed by atoms with E-state index >= 15 is 0 Å². The van der Waals surface area contributed by atoms with Crippen molar-refractivity contribution in [2.45, 2.75) is 6.18 Å². The summed E-state index contributed by atoms with van der Waals surface area (Å²) in [4.78, 5) is 36.8. The highest BCUT2D eigenvalue weighted by Gasteiger charge is 2.27. The van der Waals surface area contributed by atoms with Gasteiger partial charge < -0.3 is 15.7 Å². The van der Waals surface area contributed by atoms with Gasteiger partial charge in [0.1, 0.15) is 12.2 Å². The topological polar surface area (TPSA) is 108 Å². The number of rotatable bonds is 5. The molecule has 1 heterocycles. The van der Waals surface area contributed by atoms with Crippen LogP contribution in [0.3, 0.4) is 0 Å². The van der Waals surface area contributed by atoms with Crippen molar-refractivity contribution in [3.8, 4) is 0 Å². The van der Waals surface area contributed by atoms with Crippen molar-refractivity contribution in [1.29, 1.82) is 0 Å². The van der Waals surface area contributed by atoms with E-state index in [9.17, 15) is 27.6 Å². The summed E-state index contributed by atoms with van der Waals surface area (Å²) in [6.45, 7) is -2.17. The van der Waals surface area contributed by atoms with Gasteiger partial charge in [-0.05, 0) is 12.1 Å². The number of carboxylic acid groups (broad SMARTS) is 1. The van der Waals surface area contributed by atoms with Crippen LogP contribution in [0.25, 0.3) is 0 Å². The fraction of sp³-hybridized carbons (Fsp3) is 0.273. The van der Waals surface area contributed by atoms with Gasteiger partial charge in [-0.15, -0.1) is 0 Å². The van der Waals surface area contributed by atoms with E-state index < -0.39 is 37.0 Å². The standard InChI is InChI=1S/C11H10F3N3O4/c12-11(13,14)5-17-8(18)4-16-9(19)6-1-2-15-7(3-6)10(20)21/h1-3H,4-5H2,(H,16,19)(H,17,18)(H,20,21). The number of hydrogen-bond donors (Lipinski definition) is 3. The molecule has 10 heteroatoms. The molecule has 0 atom stereocenters. The minimum absolute atomic E-state index is 0.0778. The molecular weight excluding hydrogens is 295 g/mol. The Morgan fingerprint density at radius 3 is 2.48 bits per heavy atom. The highest BCUT2D eigenvalue weighted by atomic mass is 19.4. The number of pyridine rings is 1. The lowest BCUT2D eigenvalue weighted by Crippen LogP contribution is -2.40. The smallest absolute Gasteiger partial charge is 0.405 e. The molecule has 0 aliphatic heterocycles. The van der Waals surface area contributed by atoms with Gasteiger partial charge in [-0.1, -0.05) is 0 Å². The molecule has 0 aliphatic rings. The van der Waals surface area contributed by atoms with Gasteiger partial charge in [-0.25, -0.2) is 9.78 Å². The fourth-order valence-electron chi connectivity index (χ4n) is 1.21. The van der Waals surface area contributed by atoms with E-state index in [-0.39, 0.29) is 11.3 Å². The molecule has 7 nitrogen and oxygen atoms in total. The van der Waals surface area contributed by atoms with Crippen LogP contribution in [0.1, 0.15) is 20.8 Å². The van der Waals surface area contributed by atoms with Crippen molar-refractivity contribution in [2.24, 2.45) is 0 Å². The van der Waals surface area contributed by atoms with Gasteiger partial charge in [-0.2, -0.15) is 13.2 Å². The Bertz CT molecular complexity index is 560. The van der Waals surface area contributed by atoms with Crippen LogP contribution >= 0.6 is 0 Å². The summed E-state index contributed by atoms with van der Waals surface area (Å²) in [5.41, 5.74) is -0.449. The number of carbonyl (C=O) groups excluding carboxylic acids is 2. The van der Waals surface area contributed by atoms with Crippen LogP contribution in [-0.2, 0) is 4.79 Å². The molecule has 2 amide bonds. The first kappa shape index (κ1) is 16.4. The lowest BCUT2D eigenvalue weighted by Gasteiger charge is -2.09. The molecule has 0 unspecified atom stereocenters. The molecule has 3 N–H and O–H groups in total. The maximum absolute atomic E-state index is 11.8. The zero-order valence-corrected chi connectivity index (χ0v) is 10.4.